The van der Waals surface area contributed by atoms with Crippen LogP contribution in [0.2, 0.25) is 0 Å². The summed E-state index contributed by atoms with van der Waals surface area (Å²) in [5, 5.41) is 5.68. The van der Waals surface area contributed by atoms with Crippen LogP contribution >= 0.6 is 0 Å². The fourth-order valence-electron chi connectivity index (χ4n) is 2.40. The zero-order valence-electron chi connectivity index (χ0n) is 10.4. The van der Waals surface area contributed by atoms with Gasteiger partial charge < -0.3 is 15.5 Å². The number of carbonyl (C=O) groups excluding carboxylic acids is 2. The van der Waals surface area contributed by atoms with Crippen LogP contribution in [0.25, 0.3) is 0 Å². The van der Waals surface area contributed by atoms with Crippen LogP contribution in [-0.4, -0.2) is 43.0 Å². The lowest BCUT2D eigenvalue weighted by molar-refractivity contribution is -0.125. The Balaban J connectivity index is 1.83. The van der Waals surface area contributed by atoms with Gasteiger partial charge in [-0.05, 0) is 32.1 Å². The van der Waals surface area contributed by atoms with E-state index in [1.165, 1.54) is 6.42 Å². The van der Waals surface area contributed by atoms with Gasteiger partial charge in [-0.1, -0.05) is 0 Å². The standard InChI is InChI=1S/C12H21N3O2/c1-13-11(16)9-4-3-7-15(8-9)12(17)14-10-5-2-6-10/h9-10H,2-8H2,1H3,(H,13,16)(H,14,17). The Hall–Kier alpha value is -1.26. The van der Waals surface area contributed by atoms with E-state index in [1.54, 1.807) is 11.9 Å². The minimum absolute atomic E-state index is 0.00306. The van der Waals surface area contributed by atoms with Crippen molar-refractivity contribution in [1.82, 2.24) is 15.5 Å². The van der Waals surface area contributed by atoms with Crippen LogP contribution in [0, 0.1) is 5.92 Å². The van der Waals surface area contributed by atoms with E-state index in [-0.39, 0.29) is 17.9 Å². The minimum Gasteiger partial charge on any atom is -0.359 e. The van der Waals surface area contributed by atoms with Gasteiger partial charge in [0.25, 0.3) is 0 Å². The van der Waals surface area contributed by atoms with E-state index < -0.39 is 0 Å². The quantitative estimate of drug-likeness (QED) is 0.745. The second-order valence-corrected chi connectivity index (χ2v) is 4.98. The molecule has 5 nitrogen and oxygen atoms in total. The van der Waals surface area contributed by atoms with Gasteiger partial charge >= 0.3 is 6.03 Å². The number of amides is 3. The van der Waals surface area contributed by atoms with Crippen LogP contribution in [0.1, 0.15) is 32.1 Å². The Morgan fingerprint density at radius 2 is 1.94 bits per heavy atom. The van der Waals surface area contributed by atoms with Crippen LogP contribution in [0.4, 0.5) is 4.79 Å². The molecule has 2 aliphatic rings. The summed E-state index contributed by atoms with van der Waals surface area (Å²) in [5.74, 6) is 0.00651. The molecule has 17 heavy (non-hydrogen) atoms. The highest BCUT2D eigenvalue weighted by Crippen LogP contribution is 2.20. The van der Waals surface area contributed by atoms with Gasteiger partial charge in [0, 0.05) is 26.2 Å². The topological polar surface area (TPSA) is 61.4 Å². The van der Waals surface area contributed by atoms with Gasteiger partial charge in [-0.15, -0.1) is 0 Å². The van der Waals surface area contributed by atoms with Gasteiger partial charge in [0.05, 0.1) is 5.92 Å². The summed E-state index contributed by atoms with van der Waals surface area (Å²) >= 11 is 0. The summed E-state index contributed by atoms with van der Waals surface area (Å²) in [6.07, 6.45) is 5.20. The average molecular weight is 239 g/mol. The maximum Gasteiger partial charge on any atom is 0.317 e. The smallest absolute Gasteiger partial charge is 0.317 e. The summed E-state index contributed by atoms with van der Waals surface area (Å²) < 4.78 is 0. The molecule has 1 unspecified atom stereocenters. The Morgan fingerprint density at radius 3 is 2.53 bits per heavy atom. The molecule has 1 atom stereocenters. The Bertz CT molecular complexity index is 302. The van der Waals surface area contributed by atoms with Gasteiger partial charge in [-0.3, -0.25) is 4.79 Å². The molecule has 2 rings (SSSR count). The highest BCUT2D eigenvalue weighted by Gasteiger charge is 2.29. The molecule has 3 amide bonds. The third kappa shape index (κ3) is 2.90. The van der Waals surface area contributed by atoms with Crippen molar-refractivity contribution in [3.05, 3.63) is 0 Å². The number of piperidine rings is 1. The molecule has 2 fully saturated rings. The zero-order chi connectivity index (χ0) is 12.3. The molecule has 5 heteroatoms. The molecule has 96 valence electrons. The van der Waals surface area contributed by atoms with Gasteiger partial charge in [-0.2, -0.15) is 0 Å². The first-order valence-electron chi connectivity index (χ1n) is 6.47. The van der Waals surface area contributed by atoms with Gasteiger partial charge in [0.1, 0.15) is 0 Å². The maximum absolute atomic E-state index is 11.9. The van der Waals surface area contributed by atoms with Crippen LogP contribution in [0.3, 0.4) is 0 Å². The number of carbonyl (C=O) groups is 2. The molecule has 0 aromatic heterocycles. The summed E-state index contributed by atoms with van der Waals surface area (Å²) in [7, 11) is 1.65. The lowest BCUT2D eigenvalue weighted by atomic mass is 9.93. The first-order valence-corrected chi connectivity index (χ1v) is 6.47. The van der Waals surface area contributed by atoms with E-state index >= 15 is 0 Å². The minimum atomic E-state index is -0.0408. The molecule has 1 saturated carbocycles. The maximum atomic E-state index is 11.9. The van der Waals surface area contributed by atoms with Gasteiger partial charge in [0.15, 0.2) is 0 Å². The molecule has 1 aliphatic heterocycles. The number of hydrogen-bond acceptors (Lipinski definition) is 2. The third-order valence-electron chi connectivity index (χ3n) is 3.76. The van der Waals surface area contributed by atoms with Crippen molar-refractivity contribution >= 4 is 11.9 Å². The van der Waals surface area contributed by atoms with Crippen molar-refractivity contribution in [3.63, 3.8) is 0 Å². The van der Waals surface area contributed by atoms with Crippen molar-refractivity contribution < 1.29 is 9.59 Å². The van der Waals surface area contributed by atoms with Gasteiger partial charge in [-0.25, -0.2) is 4.79 Å². The van der Waals surface area contributed by atoms with E-state index in [0.717, 1.165) is 32.2 Å². The molecule has 0 aromatic rings. The van der Waals surface area contributed by atoms with E-state index in [1.807, 2.05) is 0 Å². The van der Waals surface area contributed by atoms with E-state index in [9.17, 15) is 9.59 Å². The Labute approximate surface area is 102 Å². The van der Waals surface area contributed by atoms with E-state index in [4.69, 9.17) is 0 Å². The van der Waals surface area contributed by atoms with Crippen LogP contribution in [-0.2, 0) is 4.79 Å². The molecule has 1 saturated heterocycles. The average Bonchev–Trinajstić information content (AvgIpc) is 2.32. The largest absolute Gasteiger partial charge is 0.359 e. The summed E-state index contributed by atoms with van der Waals surface area (Å²) in [6, 6.07) is 0.367. The molecule has 1 aliphatic carbocycles. The molecule has 0 spiro atoms. The molecular weight excluding hydrogens is 218 g/mol. The van der Waals surface area contributed by atoms with E-state index in [2.05, 4.69) is 10.6 Å². The second kappa shape index (κ2) is 5.38. The summed E-state index contributed by atoms with van der Waals surface area (Å²) in [5.41, 5.74) is 0. The normalized spacial score (nSPS) is 25.0. The SMILES string of the molecule is CNC(=O)C1CCCN(C(=O)NC2CCC2)C1. The van der Waals surface area contributed by atoms with Crippen molar-refractivity contribution in [3.8, 4) is 0 Å². The molecule has 2 N–H and O–H groups in total. The molecule has 0 bridgehead atoms. The zero-order valence-corrected chi connectivity index (χ0v) is 10.4. The predicted molar refractivity (Wildman–Crippen MR) is 64.5 cm³/mol. The monoisotopic (exact) mass is 239 g/mol. The first kappa shape index (κ1) is 12.2. The fourth-order valence-corrected chi connectivity index (χ4v) is 2.40. The summed E-state index contributed by atoms with van der Waals surface area (Å²) in [4.78, 5) is 25.3. The highest BCUT2D eigenvalue weighted by atomic mass is 16.2. The number of nitrogens with one attached hydrogen (secondary N) is 2. The van der Waals surface area contributed by atoms with E-state index in [0.29, 0.717) is 12.6 Å². The van der Waals surface area contributed by atoms with Crippen LogP contribution in [0.5, 0.6) is 0 Å². The number of nitrogens with zero attached hydrogens (tertiary/aromatic N) is 1. The molecule has 0 radical (unpaired) electrons. The van der Waals surface area contributed by atoms with Crippen molar-refractivity contribution in [2.24, 2.45) is 5.92 Å². The second-order valence-electron chi connectivity index (χ2n) is 4.98. The number of rotatable bonds is 2. The first-order chi connectivity index (χ1) is 8.20. The predicted octanol–water partition coefficient (Wildman–Crippen LogP) is 0.706. The number of urea groups is 1. The number of likely N-dealkylation sites (tertiary alicyclic amines) is 1. The van der Waals surface area contributed by atoms with Crippen molar-refractivity contribution in [2.45, 2.75) is 38.1 Å². The van der Waals surface area contributed by atoms with Crippen LogP contribution in [0.15, 0.2) is 0 Å². The molecule has 1 heterocycles. The molecule has 0 aromatic carbocycles. The molecular formula is C12H21N3O2. The van der Waals surface area contributed by atoms with Crippen LogP contribution < -0.4 is 10.6 Å². The highest BCUT2D eigenvalue weighted by molar-refractivity contribution is 5.80. The van der Waals surface area contributed by atoms with Crippen molar-refractivity contribution in [1.29, 1.82) is 0 Å². The Kier molecular flexibility index (Phi) is 3.86. The number of hydrogen-bond donors (Lipinski definition) is 2. The Morgan fingerprint density at radius 1 is 1.18 bits per heavy atom. The lowest BCUT2D eigenvalue weighted by Gasteiger charge is -2.35. The van der Waals surface area contributed by atoms with Gasteiger partial charge in [0.2, 0.25) is 5.91 Å². The fraction of sp³-hybridized carbons (Fsp3) is 0.833. The summed E-state index contributed by atoms with van der Waals surface area (Å²) in [6.45, 7) is 1.32. The van der Waals surface area contributed by atoms with Crippen molar-refractivity contribution in [2.75, 3.05) is 20.1 Å². The third-order valence-corrected chi connectivity index (χ3v) is 3.76. The lowest BCUT2D eigenvalue weighted by Crippen LogP contribution is -2.52.